The molecule has 2 fully saturated rings. The van der Waals surface area contributed by atoms with Crippen molar-refractivity contribution in [3.05, 3.63) is 29.3 Å². The monoisotopic (exact) mass is 409 g/mol. The Hall–Kier alpha value is -0.720. The molecule has 1 atom stereocenters. The molecule has 0 aliphatic carbocycles. The standard InChI is InChI=1S/C17H24ClN3O2.2ClH/c18-14-3-5-15(6-4-14)20-7-9-21(10-8-20)17(22)13-19-12-16-2-1-11-23-16;;/h3-6,16,19H,1-2,7-13H2;2*1H. The number of halogens is 3. The number of nitrogens with one attached hydrogen (secondary N) is 1. The van der Waals surface area contributed by atoms with E-state index in [1.807, 2.05) is 29.2 Å². The first-order valence-corrected chi connectivity index (χ1v) is 8.71. The van der Waals surface area contributed by atoms with Gasteiger partial charge in [0.1, 0.15) is 0 Å². The minimum Gasteiger partial charge on any atom is -0.377 e. The smallest absolute Gasteiger partial charge is 0.236 e. The molecule has 0 spiro atoms. The molecule has 1 aromatic rings. The van der Waals surface area contributed by atoms with Crippen molar-refractivity contribution in [3.8, 4) is 0 Å². The summed E-state index contributed by atoms with van der Waals surface area (Å²) in [6.07, 6.45) is 2.51. The Morgan fingerprint density at radius 3 is 2.44 bits per heavy atom. The van der Waals surface area contributed by atoms with Crippen LogP contribution in [0.3, 0.4) is 0 Å². The quantitative estimate of drug-likeness (QED) is 0.810. The Morgan fingerprint density at radius 1 is 1.16 bits per heavy atom. The number of ether oxygens (including phenoxy) is 1. The van der Waals surface area contributed by atoms with Gasteiger partial charge >= 0.3 is 0 Å². The van der Waals surface area contributed by atoms with Crippen LogP contribution in [0.15, 0.2) is 24.3 Å². The Morgan fingerprint density at radius 2 is 1.84 bits per heavy atom. The highest BCUT2D eigenvalue weighted by Crippen LogP contribution is 2.19. The molecule has 1 amide bonds. The zero-order valence-electron chi connectivity index (χ0n) is 14.2. The van der Waals surface area contributed by atoms with Gasteiger partial charge in [0.15, 0.2) is 0 Å². The molecule has 0 saturated carbocycles. The summed E-state index contributed by atoms with van der Waals surface area (Å²) in [5.41, 5.74) is 1.16. The van der Waals surface area contributed by atoms with Gasteiger partial charge in [0, 0.05) is 50.0 Å². The maximum Gasteiger partial charge on any atom is 0.236 e. The summed E-state index contributed by atoms with van der Waals surface area (Å²) in [4.78, 5) is 16.5. The zero-order valence-corrected chi connectivity index (χ0v) is 16.5. The van der Waals surface area contributed by atoms with E-state index in [9.17, 15) is 4.79 Å². The second-order valence-electron chi connectivity index (χ2n) is 6.11. The molecule has 2 aliphatic heterocycles. The molecule has 1 unspecified atom stereocenters. The number of carbonyl (C=O) groups is 1. The fourth-order valence-electron chi connectivity index (χ4n) is 3.12. The topological polar surface area (TPSA) is 44.8 Å². The van der Waals surface area contributed by atoms with Crippen LogP contribution < -0.4 is 10.2 Å². The minimum absolute atomic E-state index is 0. The lowest BCUT2D eigenvalue weighted by Crippen LogP contribution is -2.51. The van der Waals surface area contributed by atoms with E-state index >= 15 is 0 Å². The van der Waals surface area contributed by atoms with Crippen LogP contribution in [-0.2, 0) is 9.53 Å². The number of hydrogen-bond donors (Lipinski definition) is 1. The third-order valence-corrected chi connectivity index (χ3v) is 4.75. The van der Waals surface area contributed by atoms with E-state index in [4.69, 9.17) is 16.3 Å². The maximum atomic E-state index is 12.2. The van der Waals surface area contributed by atoms with E-state index < -0.39 is 0 Å². The molecule has 1 aromatic carbocycles. The van der Waals surface area contributed by atoms with E-state index in [2.05, 4.69) is 10.2 Å². The fraction of sp³-hybridized carbons (Fsp3) is 0.588. The Balaban J connectivity index is 0.00000156. The first-order chi connectivity index (χ1) is 11.2. The molecule has 2 heterocycles. The number of benzene rings is 1. The number of anilines is 1. The average molecular weight is 411 g/mol. The van der Waals surface area contributed by atoms with Crippen LogP contribution in [0.1, 0.15) is 12.8 Å². The van der Waals surface area contributed by atoms with Crippen molar-refractivity contribution in [3.63, 3.8) is 0 Å². The third-order valence-electron chi connectivity index (χ3n) is 4.50. The van der Waals surface area contributed by atoms with Crippen molar-refractivity contribution in [2.24, 2.45) is 0 Å². The molecular formula is C17H26Cl3N3O2. The molecule has 5 nitrogen and oxygen atoms in total. The van der Waals surface area contributed by atoms with Crippen molar-refractivity contribution in [2.75, 3.05) is 50.8 Å². The molecule has 142 valence electrons. The normalized spacial score (nSPS) is 20.0. The van der Waals surface area contributed by atoms with Gasteiger partial charge in [-0.25, -0.2) is 0 Å². The van der Waals surface area contributed by atoms with Gasteiger partial charge in [-0.1, -0.05) is 11.6 Å². The molecule has 0 bridgehead atoms. The van der Waals surface area contributed by atoms with Crippen molar-refractivity contribution in [1.82, 2.24) is 10.2 Å². The number of nitrogens with zero attached hydrogens (tertiary/aromatic N) is 2. The summed E-state index contributed by atoms with van der Waals surface area (Å²) in [6.45, 7) is 5.29. The van der Waals surface area contributed by atoms with Gasteiger partial charge < -0.3 is 19.9 Å². The van der Waals surface area contributed by atoms with Crippen LogP contribution in [0.5, 0.6) is 0 Å². The van der Waals surface area contributed by atoms with E-state index in [-0.39, 0.29) is 36.8 Å². The first kappa shape index (κ1) is 22.3. The number of piperazine rings is 1. The molecule has 25 heavy (non-hydrogen) atoms. The second kappa shape index (κ2) is 11.1. The Kier molecular flexibility index (Phi) is 9.90. The summed E-state index contributed by atoms with van der Waals surface area (Å²) >= 11 is 5.92. The molecule has 1 N–H and O–H groups in total. The highest BCUT2D eigenvalue weighted by molar-refractivity contribution is 6.30. The predicted octanol–water partition coefficient (Wildman–Crippen LogP) is 2.60. The summed E-state index contributed by atoms with van der Waals surface area (Å²) < 4.78 is 5.55. The molecule has 3 rings (SSSR count). The maximum absolute atomic E-state index is 12.2. The van der Waals surface area contributed by atoms with Gasteiger partial charge in [0.2, 0.25) is 5.91 Å². The largest absolute Gasteiger partial charge is 0.377 e. The average Bonchev–Trinajstić information content (AvgIpc) is 3.09. The SMILES string of the molecule is Cl.Cl.O=C(CNCC1CCCO1)N1CCN(c2ccc(Cl)cc2)CC1. The van der Waals surface area contributed by atoms with E-state index in [1.165, 1.54) is 0 Å². The van der Waals surface area contributed by atoms with Gasteiger partial charge in [-0.3, -0.25) is 4.79 Å². The van der Waals surface area contributed by atoms with Crippen LogP contribution in [0, 0.1) is 0 Å². The van der Waals surface area contributed by atoms with E-state index in [0.717, 1.165) is 62.9 Å². The number of hydrogen-bond acceptors (Lipinski definition) is 4. The highest BCUT2D eigenvalue weighted by atomic mass is 35.5. The lowest BCUT2D eigenvalue weighted by atomic mass is 10.2. The van der Waals surface area contributed by atoms with Gasteiger partial charge in [0.05, 0.1) is 12.6 Å². The van der Waals surface area contributed by atoms with Crippen molar-refractivity contribution in [2.45, 2.75) is 18.9 Å². The third kappa shape index (κ3) is 6.50. The minimum atomic E-state index is 0. The van der Waals surface area contributed by atoms with Gasteiger partial charge in [-0.2, -0.15) is 0 Å². The molecular weight excluding hydrogens is 385 g/mol. The lowest BCUT2D eigenvalue weighted by Gasteiger charge is -2.36. The number of carbonyl (C=O) groups excluding carboxylic acids is 1. The molecule has 2 aliphatic rings. The van der Waals surface area contributed by atoms with Gasteiger partial charge in [-0.15, -0.1) is 24.8 Å². The van der Waals surface area contributed by atoms with Crippen molar-refractivity contribution >= 4 is 48.0 Å². The van der Waals surface area contributed by atoms with Crippen LogP contribution in [0.2, 0.25) is 5.02 Å². The van der Waals surface area contributed by atoms with Crippen molar-refractivity contribution < 1.29 is 9.53 Å². The Bertz CT molecular complexity index is 516. The zero-order chi connectivity index (χ0) is 16.1. The Labute approximate surface area is 166 Å². The van der Waals surface area contributed by atoms with Crippen LogP contribution in [0.25, 0.3) is 0 Å². The summed E-state index contributed by atoms with van der Waals surface area (Å²) in [5.74, 6) is 0.179. The van der Waals surface area contributed by atoms with E-state index in [1.54, 1.807) is 0 Å². The number of amides is 1. The highest BCUT2D eigenvalue weighted by Gasteiger charge is 2.21. The van der Waals surface area contributed by atoms with E-state index in [0.29, 0.717) is 6.54 Å². The van der Waals surface area contributed by atoms with Gasteiger partial charge in [0.25, 0.3) is 0 Å². The molecule has 0 aromatic heterocycles. The second-order valence-corrected chi connectivity index (χ2v) is 6.55. The van der Waals surface area contributed by atoms with Crippen LogP contribution >= 0.6 is 36.4 Å². The van der Waals surface area contributed by atoms with Crippen LogP contribution in [0.4, 0.5) is 5.69 Å². The van der Waals surface area contributed by atoms with Crippen molar-refractivity contribution in [1.29, 1.82) is 0 Å². The summed E-state index contributed by atoms with van der Waals surface area (Å²) in [6, 6.07) is 7.87. The lowest BCUT2D eigenvalue weighted by molar-refractivity contribution is -0.130. The number of rotatable bonds is 5. The fourth-order valence-corrected chi connectivity index (χ4v) is 3.25. The molecule has 8 heteroatoms. The molecule has 0 radical (unpaired) electrons. The first-order valence-electron chi connectivity index (χ1n) is 8.33. The predicted molar refractivity (Wildman–Crippen MR) is 107 cm³/mol. The summed E-state index contributed by atoms with van der Waals surface area (Å²) in [7, 11) is 0. The van der Waals surface area contributed by atoms with Crippen LogP contribution in [-0.4, -0.2) is 62.8 Å². The van der Waals surface area contributed by atoms with Gasteiger partial charge in [-0.05, 0) is 37.1 Å². The molecule has 2 saturated heterocycles. The summed E-state index contributed by atoms with van der Waals surface area (Å²) in [5, 5.41) is 3.98.